The summed E-state index contributed by atoms with van der Waals surface area (Å²) < 4.78 is 84.1. The smallest absolute Gasteiger partial charge is 0.378 e. The van der Waals surface area contributed by atoms with Gasteiger partial charge >= 0.3 is 6.18 Å². The van der Waals surface area contributed by atoms with Crippen LogP contribution >= 0.6 is 0 Å². The van der Waals surface area contributed by atoms with Gasteiger partial charge in [-0.25, -0.2) is 12.8 Å². The maximum Gasteiger partial charge on any atom is 0.419 e. The van der Waals surface area contributed by atoms with Crippen molar-refractivity contribution in [1.29, 1.82) is 0 Å². The molecule has 1 fully saturated rings. The Balaban J connectivity index is 1.70. The zero-order valence-electron chi connectivity index (χ0n) is 17.7. The van der Waals surface area contributed by atoms with Gasteiger partial charge in [0.2, 0.25) is 15.9 Å². The van der Waals surface area contributed by atoms with E-state index >= 15 is 0 Å². The van der Waals surface area contributed by atoms with E-state index in [0.717, 1.165) is 29.1 Å². The number of nitrogens with one attached hydrogen (secondary N) is 1. The van der Waals surface area contributed by atoms with Crippen LogP contribution < -0.4 is 10.2 Å². The summed E-state index contributed by atoms with van der Waals surface area (Å²) in [6.45, 7) is 3.38. The topological polar surface area (TPSA) is 79.0 Å². The SMILES string of the molecule is CCN(CC(=O)Nc1ccc(N2CCOCC2)cc1)S(=O)(=O)c1ccc(F)c(C(F)(F)F)c1. The first-order chi connectivity index (χ1) is 15.5. The quantitative estimate of drug-likeness (QED) is 0.604. The number of amides is 1. The van der Waals surface area contributed by atoms with Gasteiger partial charge in [-0.15, -0.1) is 0 Å². The molecule has 0 unspecified atom stereocenters. The summed E-state index contributed by atoms with van der Waals surface area (Å²) >= 11 is 0. The molecular weight excluding hydrogens is 466 g/mol. The minimum atomic E-state index is -5.06. The van der Waals surface area contributed by atoms with Crippen LogP contribution in [0.3, 0.4) is 0 Å². The van der Waals surface area contributed by atoms with Crippen molar-refractivity contribution < 1.29 is 35.5 Å². The van der Waals surface area contributed by atoms with Gasteiger partial charge in [-0.1, -0.05) is 6.92 Å². The number of hydrogen-bond acceptors (Lipinski definition) is 5. The van der Waals surface area contributed by atoms with Crippen LogP contribution in [0.25, 0.3) is 0 Å². The predicted molar refractivity (Wildman–Crippen MR) is 114 cm³/mol. The van der Waals surface area contributed by atoms with E-state index in [1.54, 1.807) is 12.1 Å². The van der Waals surface area contributed by atoms with Crippen LogP contribution in [0.15, 0.2) is 47.4 Å². The van der Waals surface area contributed by atoms with Crippen molar-refractivity contribution in [3.8, 4) is 0 Å². The van der Waals surface area contributed by atoms with E-state index < -0.39 is 44.9 Å². The molecule has 0 aromatic heterocycles. The molecule has 180 valence electrons. The van der Waals surface area contributed by atoms with Crippen molar-refractivity contribution in [1.82, 2.24) is 4.31 Å². The van der Waals surface area contributed by atoms with E-state index in [0.29, 0.717) is 25.0 Å². The number of carbonyl (C=O) groups is 1. The maximum atomic E-state index is 13.5. The number of ether oxygens (including phenoxy) is 1. The van der Waals surface area contributed by atoms with Crippen molar-refractivity contribution in [2.75, 3.05) is 49.6 Å². The third kappa shape index (κ3) is 6.01. The Morgan fingerprint density at radius 3 is 2.33 bits per heavy atom. The molecule has 2 aromatic rings. The lowest BCUT2D eigenvalue weighted by atomic mass is 10.2. The zero-order valence-corrected chi connectivity index (χ0v) is 18.5. The molecule has 0 aliphatic carbocycles. The molecule has 7 nitrogen and oxygen atoms in total. The zero-order chi connectivity index (χ0) is 24.2. The summed E-state index contributed by atoms with van der Waals surface area (Å²) in [4.78, 5) is 13.8. The Hall–Kier alpha value is -2.70. The molecule has 1 heterocycles. The van der Waals surface area contributed by atoms with Gasteiger partial charge < -0.3 is 15.0 Å². The van der Waals surface area contributed by atoms with Crippen molar-refractivity contribution in [3.63, 3.8) is 0 Å². The third-order valence-corrected chi connectivity index (χ3v) is 7.00. The highest BCUT2D eigenvalue weighted by molar-refractivity contribution is 7.89. The van der Waals surface area contributed by atoms with E-state index in [4.69, 9.17) is 4.74 Å². The van der Waals surface area contributed by atoms with Gasteiger partial charge in [-0.2, -0.15) is 17.5 Å². The van der Waals surface area contributed by atoms with Crippen LogP contribution in [-0.2, 0) is 25.7 Å². The molecule has 1 amide bonds. The second-order valence-corrected chi connectivity index (χ2v) is 9.20. The third-order valence-electron chi connectivity index (χ3n) is 5.08. The largest absolute Gasteiger partial charge is 0.419 e. The molecule has 2 aromatic carbocycles. The molecule has 0 spiro atoms. The summed E-state index contributed by atoms with van der Waals surface area (Å²) in [6, 6.07) is 8.38. The number of alkyl halides is 3. The minimum absolute atomic E-state index is 0.176. The average molecular weight is 489 g/mol. The summed E-state index contributed by atoms with van der Waals surface area (Å²) in [5.41, 5.74) is -0.304. The molecular formula is C21H23F4N3O4S. The molecule has 0 bridgehead atoms. The first kappa shape index (κ1) is 24.9. The highest BCUT2D eigenvalue weighted by Crippen LogP contribution is 2.33. The molecule has 1 saturated heterocycles. The van der Waals surface area contributed by atoms with Crippen LogP contribution in [0.5, 0.6) is 0 Å². The number of sulfonamides is 1. The monoisotopic (exact) mass is 489 g/mol. The fourth-order valence-electron chi connectivity index (χ4n) is 3.34. The number of halogens is 4. The van der Waals surface area contributed by atoms with Gasteiger partial charge in [0.15, 0.2) is 0 Å². The molecule has 0 saturated carbocycles. The van der Waals surface area contributed by atoms with Crippen LogP contribution in [0, 0.1) is 5.82 Å². The van der Waals surface area contributed by atoms with Crippen LogP contribution in [0.2, 0.25) is 0 Å². The van der Waals surface area contributed by atoms with Crippen molar-refractivity contribution in [2.24, 2.45) is 0 Å². The molecule has 1 aliphatic heterocycles. The van der Waals surface area contributed by atoms with E-state index in [1.165, 1.54) is 6.92 Å². The fraction of sp³-hybridized carbons (Fsp3) is 0.381. The standard InChI is InChI=1S/C21H23F4N3O4S/c1-2-28(33(30,31)17-7-8-19(22)18(13-17)21(23,24)25)14-20(29)26-15-3-5-16(6-4-15)27-9-11-32-12-10-27/h3-8,13H,2,9-12,14H2,1H3,(H,26,29). The summed E-state index contributed by atoms with van der Waals surface area (Å²) in [5.74, 6) is -2.25. The van der Waals surface area contributed by atoms with E-state index in [1.807, 2.05) is 12.1 Å². The molecule has 3 rings (SSSR count). The number of anilines is 2. The summed E-state index contributed by atoms with van der Waals surface area (Å²) in [7, 11) is -4.47. The van der Waals surface area contributed by atoms with Crippen LogP contribution in [0.1, 0.15) is 12.5 Å². The van der Waals surface area contributed by atoms with Gasteiger partial charge in [-0.3, -0.25) is 4.79 Å². The van der Waals surface area contributed by atoms with E-state index in [-0.39, 0.29) is 12.6 Å². The van der Waals surface area contributed by atoms with Crippen molar-refractivity contribution in [2.45, 2.75) is 18.0 Å². The Bertz CT molecular complexity index is 1090. The normalized spacial score (nSPS) is 15.0. The van der Waals surface area contributed by atoms with E-state index in [2.05, 4.69) is 10.2 Å². The van der Waals surface area contributed by atoms with Crippen molar-refractivity contribution in [3.05, 3.63) is 53.8 Å². The number of rotatable bonds is 7. The fourth-order valence-corrected chi connectivity index (χ4v) is 4.77. The molecule has 12 heteroatoms. The van der Waals surface area contributed by atoms with Crippen LogP contribution in [-0.4, -0.2) is 58.0 Å². The number of carbonyl (C=O) groups excluding carboxylic acids is 1. The van der Waals surface area contributed by atoms with Crippen LogP contribution in [0.4, 0.5) is 28.9 Å². The molecule has 0 atom stereocenters. The Morgan fingerprint density at radius 2 is 1.76 bits per heavy atom. The number of benzene rings is 2. The lowest BCUT2D eigenvalue weighted by Crippen LogP contribution is -2.38. The highest BCUT2D eigenvalue weighted by Gasteiger charge is 2.36. The number of hydrogen-bond donors (Lipinski definition) is 1. The molecule has 1 N–H and O–H groups in total. The van der Waals surface area contributed by atoms with Gasteiger partial charge in [0.1, 0.15) is 5.82 Å². The van der Waals surface area contributed by atoms with Gasteiger partial charge in [0, 0.05) is 31.0 Å². The minimum Gasteiger partial charge on any atom is -0.378 e. The second-order valence-electron chi connectivity index (χ2n) is 7.27. The Kier molecular flexibility index (Phi) is 7.60. The lowest BCUT2D eigenvalue weighted by molar-refractivity contribution is -0.140. The highest BCUT2D eigenvalue weighted by atomic mass is 32.2. The molecule has 33 heavy (non-hydrogen) atoms. The van der Waals surface area contributed by atoms with Gasteiger partial charge in [0.05, 0.1) is 30.2 Å². The Morgan fingerprint density at radius 1 is 1.12 bits per heavy atom. The first-order valence-corrected chi connectivity index (χ1v) is 11.6. The first-order valence-electron chi connectivity index (χ1n) is 10.1. The number of nitrogens with zero attached hydrogens (tertiary/aromatic N) is 2. The average Bonchev–Trinajstić information content (AvgIpc) is 2.78. The predicted octanol–water partition coefficient (Wildman–Crippen LogP) is 3.33. The molecule has 1 aliphatic rings. The summed E-state index contributed by atoms with van der Waals surface area (Å²) in [5, 5.41) is 2.58. The van der Waals surface area contributed by atoms with E-state index in [9.17, 15) is 30.8 Å². The van der Waals surface area contributed by atoms with Gasteiger partial charge in [-0.05, 0) is 42.5 Å². The van der Waals surface area contributed by atoms with Gasteiger partial charge in [0.25, 0.3) is 0 Å². The van der Waals surface area contributed by atoms with Crippen molar-refractivity contribution >= 4 is 27.3 Å². The summed E-state index contributed by atoms with van der Waals surface area (Å²) in [6.07, 6.45) is -5.06. The number of morpholine rings is 1. The maximum absolute atomic E-state index is 13.5. The lowest BCUT2D eigenvalue weighted by Gasteiger charge is -2.29. The number of likely N-dealkylation sites (N-methyl/N-ethyl adjacent to an activating group) is 1. The second kappa shape index (κ2) is 10.1. The Labute approximate surface area is 189 Å². The molecule has 0 radical (unpaired) electrons.